The van der Waals surface area contributed by atoms with Gasteiger partial charge in [0.15, 0.2) is 0 Å². The van der Waals surface area contributed by atoms with Crippen molar-refractivity contribution in [3.8, 4) is 6.07 Å². The fourth-order valence-corrected chi connectivity index (χ4v) is 1.39. The first-order chi connectivity index (χ1) is 5.25. The minimum Gasteiger partial charge on any atom is -0.385 e. The fraction of sp³-hybridized carbons (Fsp3) is 0.429. The first kappa shape index (κ1) is 8.18. The van der Waals surface area contributed by atoms with Crippen LogP contribution in [0.15, 0.2) is 11.6 Å². The van der Waals surface area contributed by atoms with Crippen molar-refractivity contribution in [1.29, 1.82) is 5.26 Å². The van der Waals surface area contributed by atoms with E-state index >= 15 is 0 Å². The van der Waals surface area contributed by atoms with Crippen molar-refractivity contribution in [2.45, 2.75) is 13.0 Å². The molecule has 11 heavy (non-hydrogen) atoms. The van der Waals surface area contributed by atoms with Crippen LogP contribution < -0.4 is 0 Å². The Hall–Kier alpha value is -0.920. The van der Waals surface area contributed by atoms with Gasteiger partial charge in [0.25, 0.3) is 0 Å². The predicted octanol–water partition coefficient (Wildman–Crippen LogP) is 1.34. The number of hydrogen-bond acceptors (Lipinski definition) is 4. The summed E-state index contributed by atoms with van der Waals surface area (Å²) in [5, 5.41) is 20.3. The lowest BCUT2D eigenvalue weighted by Gasteiger charge is -2.07. The molecule has 0 spiro atoms. The van der Waals surface area contributed by atoms with Gasteiger partial charge in [0.05, 0.1) is 12.0 Å². The van der Waals surface area contributed by atoms with E-state index in [1.807, 2.05) is 6.07 Å². The Morgan fingerprint density at radius 3 is 3.00 bits per heavy atom. The number of aliphatic hydroxyl groups is 1. The van der Waals surface area contributed by atoms with Gasteiger partial charge in [0, 0.05) is 11.6 Å². The number of hydrogen-bond donors (Lipinski definition) is 1. The van der Waals surface area contributed by atoms with Crippen molar-refractivity contribution in [2.75, 3.05) is 0 Å². The van der Waals surface area contributed by atoms with Crippen molar-refractivity contribution >= 4 is 11.3 Å². The van der Waals surface area contributed by atoms with E-state index in [9.17, 15) is 5.11 Å². The summed E-state index contributed by atoms with van der Waals surface area (Å²) in [6.07, 6.45) is 0.882. The second kappa shape index (κ2) is 3.46. The summed E-state index contributed by atoms with van der Waals surface area (Å²) < 4.78 is 0. The molecule has 1 heterocycles. The molecular formula is C7H8N2OS. The maximum absolute atomic E-state index is 9.40. The summed E-state index contributed by atoms with van der Waals surface area (Å²) in [6, 6.07) is 1.97. The molecule has 58 valence electrons. The zero-order valence-corrected chi connectivity index (χ0v) is 6.88. The van der Waals surface area contributed by atoms with Crippen molar-refractivity contribution in [1.82, 2.24) is 4.98 Å². The highest BCUT2D eigenvalue weighted by Crippen LogP contribution is 2.22. The monoisotopic (exact) mass is 168 g/mol. The average molecular weight is 168 g/mol. The molecule has 2 unspecified atom stereocenters. The molecule has 0 aliphatic carbocycles. The van der Waals surface area contributed by atoms with Gasteiger partial charge < -0.3 is 5.11 Å². The predicted molar refractivity (Wildman–Crippen MR) is 41.9 cm³/mol. The number of rotatable bonds is 2. The maximum Gasteiger partial charge on any atom is 0.122 e. The van der Waals surface area contributed by atoms with Crippen LogP contribution in [-0.4, -0.2) is 10.1 Å². The van der Waals surface area contributed by atoms with Crippen molar-refractivity contribution in [3.63, 3.8) is 0 Å². The van der Waals surface area contributed by atoms with Crippen molar-refractivity contribution < 1.29 is 5.11 Å². The lowest BCUT2D eigenvalue weighted by atomic mass is 10.1. The molecule has 0 radical (unpaired) electrons. The number of aromatic nitrogens is 1. The Morgan fingerprint density at radius 1 is 1.82 bits per heavy atom. The third kappa shape index (κ3) is 1.76. The van der Waals surface area contributed by atoms with Crippen LogP contribution in [0.3, 0.4) is 0 Å². The lowest BCUT2D eigenvalue weighted by molar-refractivity contribution is 0.142. The molecule has 0 saturated heterocycles. The largest absolute Gasteiger partial charge is 0.385 e. The van der Waals surface area contributed by atoms with E-state index in [2.05, 4.69) is 4.98 Å². The normalized spacial score (nSPS) is 15.4. The summed E-state index contributed by atoms with van der Waals surface area (Å²) >= 11 is 1.36. The van der Waals surface area contributed by atoms with Gasteiger partial charge in [-0.1, -0.05) is 0 Å². The summed E-state index contributed by atoms with van der Waals surface area (Å²) in [6.45, 7) is 1.67. The Bertz CT molecular complexity index is 252. The van der Waals surface area contributed by atoms with Crippen LogP contribution in [0.25, 0.3) is 0 Å². The Labute approximate surface area is 68.9 Å². The second-order valence-corrected chi connectivity index (χ2v) is 3.16. The van der Waals surface area contributed by atoms with Gasteiger partial charge in [-0.15, -0.1) is 11.3 Å². The molecule has 0 aliphatic rings. The van der Waals surface area contributed by atoms with Gasteiger partial charge in [-0.25, -0.2) is 4.98 Å². The zero-order valence-electron chi connectivity index (χ0n) is 6.06. The highest BCUT2D eigenvalue weighted by atomic mass is 32.1. The summed E-state index contributed by atoms with van der Waals surface area (Å²) in [7, 11) is 0. The van der Waals surface area contributed by atoms with Gasteiger partial charge in [0.1, 0.15) is 11.1 Å². The summed E-state index contributed by atoms with van der Waals surface area (Å²) in [5.74, 6) is -0.388. The molecule has 2 atom stereocenters. The van der Waals surface area contributed by atoms with E-state index in [0.29, 0.717) is 5.01 Å². The summed E-state index contributed by atoms with van der Waals surface area (Å²) in [4.78, 5) is 3.90. The Balaban J connectivity index is 2.71. The number of aliphatic hydroxyl groups excluding tert-OH is 1. The molecule has 1 rings (SSSR count). The molecule has 1 aromatic rings. The molecule has 1 aromatic heterocycles. The molecule has 0 aromatic carbocycles. The highest BCUT2D eigenvalue weighted by Gasteiger charge is 2.17. The van der Waals surface area contributed by atoms with E-state index < -0.39 is 6.10 Å². The van der Waals surface area contributed by atoms with E-state index in [0.717, 1.165) is 0 Å². The van der Waals surface area contributed by atoms with Crippen LogP contribution in [-0.2, 0) is 0 Å². The van der Waals surface area contributed by atoms with E-state index in [4.69, 9.17) is 5.26 Å². The second-order valence-electron chi connectivity index (χ2n) is 2.23. The lowest BCUT2D eigenvalue weighted by Crippen LogP contribution is -2.05. The smallest absolute Gasteiger partial charge is 0.122 e. The Kier molecular flexibility index (Phi) is 2.58. The van der Waals surface area contributed by atoms with Crippen LogP contribution in [0.2, 0.25) is 0 Å². The van der Waals surface area contributed by atoms with Crippen molar-refractivity contribution in [3.05, 3.63) is 16.6 Å². The van der Waals surface area contributed by atoms with E-state index in [-0.39, 0.29) is 5.92 Å². The SMILES string of the molecule is CC(C#N)C(O)c1nccs1. The van der Waals surface area contributed by atoms with Crippen LogP contribution in [0.5, 0.6) is 0 Å². The van der Waals surface area contributed by atoms with Crippen molar-refractivity contribution in [2.24, 2.45) is 5.92 Å². The van der Waals surface area contributed by atoms with Gasteiger partial charge in [-0.05, 0) is 6.92 Å². The van der Waals surface area contributed by atoms with Gasteiger partial charge in [0.2, 0.25) is 0 Å². The van der Waals surface area contributed by atoms with Crippen LogP contribution in [0.1, 0.15) is 18.0 Å². The zero-order chi connectivity index (χ0) is 8.27. The van der Waals surface area contributed by atoms with Gasteiger partial charge in [-0.2, -0.15) is 5.26 Å². The average Bonchev–Trinajstić information content (AvgIpc) is 2.53. The quantitative estimate of drug-likeness (QED) is 0.724. The minimum absolute atomic E-state index is 0.388. The first-order valence-corrected chi connectivity index (χ1v) is 4.10. The molecule has 0 saturated carbocycles. The molecular weight excluding hydrogens is 160 g/mol. The minimum atomic E-state index is -0.736. The maximum atomic E-state index is 9.40. The third-order valence-corrected chi connectivity index (χ3v) is 2.23. The molecule has 0 amide bonds. The molecule has 4 heteroatoms. The Morgan fingerprint density at radius 2 is 2.55 bits per heavy atom. The van der Waals surface area contributed by atoms with Crippen LogP contribution >= 0.6 is 11.3 Å². The van der Waals surface area contributed by atoms with E-state index in [1.165, 1.54) is 11.3 Å². The molecule has 0 aliphatic heterocycles. The van der Waals surface area contributed by atoms with Crippen LogP contribution in [0.4, 0.5) is 0 Å². The molecule has 3 nitrogen and oxygen atoms in total. The molecule has 0 bridgehead atoms. The highest BCUT2D eigenvalue weighted by molar-refractivity contribution is 7.09. The van der Waals surface area contributed by atoms with Gasteiger partial charge >= 0.3 is 0 Å². The van der Waals surface area contributed by atoms with Gasteiger partial charge in [-0.3, -0.25) is 0 Å². The van der Waals surface area contributed by atoms with Crippen LogP contribution in [0, 0.1) is 17.2 Å². The van der Waals surface area contributed by atoms with E-state index in [1.54, 1.807) is 18.5 Å². The summed E-state index contributed by atoms with van der Waals surface area (Å²) in [5.41, 5.74) is 0. The first-order valence-electron chi connectivity index (χ1n) is 3.22. The standard InChI is InChI=1S/C7H8N2OS/c1-5(4-8)6(10)7-9-2-3-11-7/h2-3,5-6,10H,1H3. The third-order valence-electron chi connectivity index (χ3n) is 1.38. The molecule has 1 N–H and O–H groups in total. The fourth-order valence-electron chi connectivity index (χ4n) is 0.665. The number of thiazole rings is 1. The topological polar surface area (TPSA) is 56.9 Å². The molecule has 0 fully saturated rings. The number of nitrogens with zero attached hydrogens (tertiary/aromatic N) is 2. The number of nitriles is 1.